The van der Waals surface area contributed by atoms with Crippen molar-refractivity contribution in [1.29, 1.82) is 0 Å². The summed E-state index contributed by atoms with van der Waals surface area (Å²) in [4.78, 5) is 24.1. The molecule has 2 amide bonds. The van der Waals surface area contributed by atoms with E-state index in [0.29, 0.717) is 5.92 Å². The van der Waals surface area contributed by atoms with Crippen molar-refractivity contribution in [3.8, 4) is 0 Å². The van der Waals surface area contributed by atoms with Crippen LogP contribution in [0.25, 0.3) is 0 Å². The highest BCUT2D eigenvalue weighted by molar-refractivity contribution is 5.75. The van der Waals surface area contributed by atoms with Crippen LogP contribution in [0.15, 0.2) is 0 Å². The van der Waals surface area contributed by atoms with Crippen LogP contribution < -0.4 is 5.32 Å². The summed E-state index contributed by atoms with van der Waals surface area (Å²) >= 11 is 0. The van der Waals surface area contributed by atoms with Gasteiger partial charge in [0.2, 0.25) is 0 Å². The van der Waals surface area contributed by atoms with Crippen molar-refractivity contribution < 1.29 is 14.7 Å². The topological polar surface area (TPSA) is 69.6 Å². The minimum Gasteiger partial charge on any atom is -0.481 e. The summed E-state index contributed by atoms with van der Waals surface area (Å²) in [7, 11) is 0. The smallest absolute Gasteiger partial charge is 0.317 e. The number of hydrogen-bond acceptors (Lipinski definition) is 2. The Labute approximate surface area is 109 Å². The second-order valence-corrected chi connectivity index (χ2v) is 6.03. The van der Waals surface area contributed by atoms with Gasteiger partial charge in [0.15, 0.2) is 0 Å². The van der Waals surface area contributed by atoms with E-state index in [1.165, 1.54) is 0 Å². The van der Waals surface area contributed by atoms with Crippen LogP contribution in [0.5, 0.6) is 0 Å². The Morgan fingerprint density at radius 2 is 2.06 bits per heavy atom. The summed E-state index contributed by atoms with van der Waals surface area (Å²) < 4.78 is 0. The lowest BCUT2D eigenvalue weighted by molar-refractivity contribution is -0.136. The third kappa shape index (κ3) is 4.55. The molecular weight excluding hydrogens is 232 g/mol. The van der Waals surface area contributed by atoms with Gasteiger partial charge in [0.05, 0.1) is 6.42 Å². The summed E-state index contributed by atoms with van der Waals surface area (Å²) in [6.45, 7) is 8.33. The predicted molar refractivity (Wildman–Crippen MR) is 69.4 cm³/mol. The number of amides is 2. The number of hydrogen-bond donors (Lipinski definition) is 2. The molecule has 5 nitrogen and oxygen atoms in total. The SMILES string of the molecule is CC(C)(C)C1CCCN(C(=O)NCCC(=O)O)C1. The molecule has 1 rings (SSSR count). The van der Waals surface area contributed by atoms with E-state index >= 15 is 0 Å². The monoisotopic (exact) mass is 256 g/mol. The number of carbonyl (C=O) groups excluding carboxylic acids is 1. The number of carboxylic acid groups (broad SMARTS) is 1. The van der Waals surface area contributed by atoms with Gasteiger partial charge in [-0.2, -0.15) is 0 Å². The van der Waals surface area contributed by atoms with Crippen molar-refractivity contribution in [1.82, 2.24) is 10.2 Å². The summed E-state index contributed by atoms with van der Waals surface area (Å²) in [6, 6.07) is -0.134. The number of piperidine rings is 1. The fourth-order valence-corrected chi connectivity index (χ4v) is 2.26. The summed E-state index contributed by atoms with van der Waals surface area (Å²) in [5, 5.41) is 11.2. The average molecular weight is 256 g/mol. The molecule has 0 spiro atoms. The van der Waals surface area contributed by atoms with Gasteiger partial charge in [-0.1, -0.05) is 20.8 Å². The van der Waals surface area contributed by atoms with Crippen LogP contribution in [-0.2, 0) is 4.79 Å². The van der Waals surface area contributed by atoms with Gasteiger partial charge in [-0.3, -0.25) is 4.79 Å². The molecule has 1 aliphatic rings. The minimum atomic E-state index is -0.887. The third-order valence-electron chi connectivity index (χ3n) is 3.55. The molecule has 1 saturated heterocycles. The van der Waals surface area contributed by atoms with E-state index in [4.69, 9.17) is 5.11 Å². The van der Waals surface area contributed by atoms with Crippen LogP contribution in [0, 0.1) is 11.3 Å². The second-order valence-electron chi connectivity index (χ2n) is 6.03. The Kier molecular flexibility index (Phi) is 4.99. The van der Waals surface area contributed by atoms with E-state index in [1.54, 1.807) is 4.90 Å². The molecule has 0 aromatic heterocycles. The van der Waals surface area contributed by atoms with E-state index in [0.717, 1.165) is 25.9 Å². The van der Waals surface area contributed by atoms with Gasteiger partial charge < -0.3 is 15.3 Å². The quantitative estimate of drug-likeness (QED) is 0.810. The van der Waals surface area contributed by atoms with Gasteiger partial charge >= 0.3 is 12.0 Å². The maximum atomic E-state index is 11.9. The fraction of sp³-hybridized carbons (Fsp3) is 0.846. The van der Waals surface area contributed by atoms with Crippen LogP contribution >= 0.6 is 0 Å². The molecule has 0 bridgehead atoms. The first kappa shape index (κ1) is 14.8. The normalized spacial score (nSPS) is 20.6. The van der Waals surface area contributed by atoms with E-state index < -0.39 is 5.97 Å². The second kappa shape index (κ2) is 6.07. The van der Waals surface area contributed by atoms with Gasteiger partial charge in [0.1, 0.15) is 0 Å². The highest BCUT2D eigenvalue weighted by Crippen LogP contribution is 2.33. The number of nitrogens with one attached hydrogen (secondary N) is 1. The Hall–Kier alpha value is -1.26. The molecule has 0 aromatic carbocycles. The van der Waals surface area contributed by atoms with Crippen molar-refractivity contribution in [3.05, 3.63) is 0 Å². The Morgan fingerprint density at radius 3 is 2.61 bits per heavy atom. The standard InChI is InChI=1S/C13H24N2O3/c1-13(2,3)10-5-4-8-15(9-10)12(18)14-7-6-11(16)17/h10H,4-9H2,1-3H3,(H,14,18)(H,16,17). The van der Waals surface area contributed by atoms with Gasteiger partial charge in [-0.25, -0.2) is 4.79 Å². The van der Waals surface area contributed by atoms with Crippen LogP contribution in [0.4, 0.5) is 4.79 Å². The number of rotatable bonds is 3. The first-order chi connectivity index (χ1) is 8.30. The van der Waals surface area contributed by atoms with Crippen LogP contribution in [0.1, 0.15) is 40.0 Å². The highest BCUT2D eigenvalue weighted by Gasteiger charge is 2.31. The van der Waals surface area contributed by atoms with Gasteiger partial charge in [0, 0.05) is 19.6 Å². The predicted octanol–water partition coefficient (Wildman–Crippen LogP) is 1.93. The zero-order valence-electron chi connectivity index (χ0n) is 11.5. The molecule has 18 heavy (non-hydrogen) atoms. The van der Waals surface area contributed by atoms with Gasteiger partial charge in [-0.15, -0.1) is 0 Å². The molecule has 1 fully saturated rings. The molecule has 0 radical (unpaired) electrons. The summed E-state index contributed by atoms with van der Waals surface area (Å²) in [5.74, 6) is -0.377. The molecule has 5 heteroatoms. The van der Waals surface area contributed by atoms with Crippen molar-refractivity contribution in [2.24, 2.45) is 11.3 Å². The lowest BCUT2D eigenvalue weighted by atomic mass is 9.76. The molecule has 2 N–H and O–H groups in total. The number of aliphatic carboxylic acids is 1. The lowest BCUT2D eigenvalue weighted by Crippen LogP contribution is -2.48. The number of urea groups is 1. The van der Waals surface area contributed by atoms with Crippen molar-refractivity contribution >= 4 is 12.0 Å². The first-order valence-electron chi connectivity index (χ1n) is 6.55. The van der Waals surface area contributed by atoms with Crippen molar-refractivity contribution in [3.63, 3.8) is 0 Å². The molecule has 0 aromatic rings. The molecular formula is C13H24N2O3. The molecule has 104 valence electrons. The summed E-state index contributed by atoms with van der Waals surface area (Å²) in [6.07, 6.45) is 2.15. The molecule has 0 aliphatic carbocycles. The molecule has 1 unspecified atom stereocenters. The van der Waals surface area contributed by atoms with Crippen LogP contribution in [-0.4, -0.2) is 41.6 Å². The average Bonchev–Trinajstić information content (AvgIpc) is 2.27. The largest absolute Gasteiger partial charge is 0.481 e. The molecule has 1 heterocycles. The zero-order chi connectivity index (χ0) is 13.8. The van der Waals surface area contributed by atoms with Crippen molar-refractivity contribution in [2.75, 3.05) is 19.6 Å². The number of nitrogens with zero attached hydrogens (tertiary/aromatic N) is 1. The third-order valence-corrected chi connectivity index (χ3v) is 3.55. The molecule has 1 atom stereocenters. The number of carboxylic acids is 1. The summed E-state index contributed by atoms with van der Waals surface area (Å²) in [5.41, 5.74) is 0.208. The number of likely N-dealkylation sites (tertiary alicyclic amines) is 1. The van der Waals surface area contributed by atoms with E-state index in [1.807, 2.05) is 0 Å². The Bertz CT molecular complexity index is 310. The van der Waals surface area contributed by atoms with Gasteiger partial charge in [-0.05, 0) is 24.2 Å². The lowest BCUT2D eigenvalue weighted by Gasteiger charge is -2.39. The van der Waals surface area contributed by atoms with Crippen molar-refractivity contribution in [2.45, 2.75) is 40.0 Å². The zero-order valence-corrected chi connectivity index (χ0v) is 11.5. The Morgan fingerprint density at radius 1 is 1.39 bits per heavy atom. The van der Waals surface area contributed by atoms with E-state index in [9.17, 15) is 9.59 Å². The van der Waals surface area contributed by atoms with Gasteiger partial charge in [0.25, 0.3) is 0 Å². The van der Waals surface area contributed by atoms with E-state index in [-0.39, 0.29) is 24.4 Å². The molecule has 0 saturated carbocycles. The maximum Gasteiger partial charge on any atom is 0.317 e. The number of carbonyl (C=O) groups is 2. The molecule has 1 aliphatic heterocycles. The first-order valence-corrected chi connectivity index (χ1v) is 6.55. The van der Waals surface area contributed by atoms with Crippen LogP contribution in [0.3, 0.4) is 0 Å². The maximum absolute atomic E-state index is 11.9. The Balaban J connectivity index is 2.41. The van der Waals surface area contributed by atoms with Crippen LogP contribution in [0.2, 0.25) is 0 Å². The highest BCUT2D eigenvalue weighted by atomic mass is 16.4. The van der Waals surface area contributed by atoms with E-state index in [2.05, 4.69) is 26.1 Å². The minimum absolute atomic E-state index is 0.0255. The fourth-order valence-electron chi connectivity index (χ4n) is 2.26.